The molecular weight excluding hydrogens is 468 g/mol. The molecule has 10 heteroatoms. The average molecular weight is 504 g/mol. The van der Waals surface area contributed by atoms with Crippen molar-refractivity contribution in [2.45, 2.75) is 46.1 Å². The summed E-state index contributed by atoms with van der Waals surface area (Å²) in [5.74, 6) is -2.47. The Bertz CT molecular complexity index is 1040. The summed E-state index contributed by atoms with van der Waals surface area (Å²) >= 11 is 0. The van der Waals surface area contributed by atoms with Crippen molar-refractivity contribution >= 4 is 17.5 Å². The smallest absolute Gasteiger partial charge is 0.269 e. The van der Waals surface area contributed by atoms with Crippen LogP contribution in [0.3, 0.4) is 0 Å². The Kier molecular flexibility index (Phi) is 10.9. The van der Waals surface area contributed by atoms with Gasteiger partial charge in [0, 0.05) is 31.6 Å². The molecule has 36 heavy (non-hydrogen) atoms. The fourth-order valence-electron chi connectivity index (χ4n) is 3.69. The molecule has 1 heterocycles. The van der Waals surface area contributed by atoms with Crippen molar-refractivity contribution in [3.8, 4) is 0 Å². The van der Waals surface area contributed by atoms with Gasteiger partial charge in [-0.1, -0.05) is 37.3 Å². The number of hydrogen-bond donors (Lipinski definition) is 5. The summed E-state index contributed by atoms with van der Waals surface area (Å²) in [4.78, 5) is 25.5. The van der Waals surface area contributed by atoms with Gasteiger partial charge < -0.3 is 21.2 Å². The molecule has 1 aliphatic heterocycles. The molecule has 8 nitrogen and oxygen atoms in total. The summed E-state index contributed by atoms with van der Waals surface area (Å²) in [7, 11) is 0. The number of halogens is 2. The minimum Gasteiger partial charge on any atom is -0.377 e. The van der Waals surface area contributed by atoms with Gasteiger partial charge in [0.05, 0.1) is 11.4 Å². The molecule has 196 valence electrons. The highest BCUT2D eigenvalue weighted by atomic mass is 19.1. The van der Waals surface area contributed by atoms with Gasteiger partial charge in [-0.3, -0.25) is 15.0 Å². The molecule has 2 atom stereocenters. The highest BCUT2D eigenvalue weighted by Gasteiger charge is 2.29. The van der Waals surface area contributed by atoms with Crippen LogP contribution < -0.4 is 16.0 Å². The van der Waals surface area contributed by atoms with Gasteiger partial charge in [0.15, 0.2) is 0 Å². The second-order valence-electron chi connectivity index (χ2n) is 8.85. The van der Waals surface area contributed by atoms with Crippen molar-refractivity contribution in [2.75, 3.05) is 19.6 Å². The van der Waals surface area contributed by atoms with Gasteiger partial charge in [0.1, 0.15) is 23.9 Å². The lowest BCUT2D eigenvalue weighted by Gasteiger charge is -2.29. The summed E-state index contributed by atoms with van der Waals surface area (Å²) in [6.45, 7) is 9.09. The van der Waals surface area contributed by atoms with E-state index in [2.05, 4.69) is 22.5 Å². The minimum atomic E-state index is -0.593. The lowest BCUT2D eigenvalue weighted by molar-refractivity contribution is -0.136. The molecule has 1 fully saturated rings. The van der Waals surface area contributed by atoms with E-state index in [9.17, 15) is 23.6 Å². The number of likely N-dealkylation sites (N-methyl/N-ethyl adjacent to an activating group) is 1. The fourth-order valence-corrected chi connectivity index (χ4v) is 3.69. The van der Waals surface area contributed by atoms with E-state index in [1.165, 1.54) is 6.08 Å². The van der Waals surface area contributed by atoms with Crippen LogP contribution in [0.25, 0.3) is 0 Å². The highest BCUT2D eigenvalue weighted by molar-refractivity contribution is 6.16. The van der Waals surface area contributed by atoms with E-state index in [4.69, 9.17) is 5.41 Å². The monoisotopic (exact) mass is 503 g/mol. The largest absolute Gasteiger partial charge is 0.377 e. The van der Waals surface area contributed by atoms with E-state index < -0.39 is 23.5 Å². The molecule has 0 aromatic heterocycles. The molecule has 2 unspecified atom stereocenters. The third-order valence-electron chi connectivity index (χ3n) is 5.89. The third-order valence-corrected chi connectivity index (χ3v) is 5.89. The molecule has 5 N–H and O–H groups in total. The maximum absolute atomic E-state index is 13.5. The summed E-state index contributed by atoms with van der Waals surface area (Å²) in [6.07, 6.45) is 8.48. The number of rotatable bonds is 11. The summed E-state index contributed by atoms with van der Waals surface area (Å²) in [5.41, 5.74) is 1.31. The maximum Gasteiger partial charge on any atom is 0.269 e. The van der Waals surface area contributed by atoms with E-state index in [0.29, 0.717) is 25.0 Å². The van der Waals surface area contributed by atoms with Crippen molar-refractivity contribution in [1.29, 1.82) is 5.41 Å². The summed E-state index contributed by atoms with van der Waals surface area (Å²) in [5, 5.41) is 27.6. The first-order valence-electron chi connectivity index (χ1n) is 11.9. The Hall–Kier alpha value is -3.37. The topological polar surface area (TPSA) is 118 Å². The van der Waals surface area contributed by atoms with Crippen LogP contribution in [0.2, 0.25) is 0 Å². The van der Waals surface area contributed by atoms with Gasteiger partial charge in [-0.05, 0) is 44.3 Å². The van der Waals surface area contributed by atoms with Crippen LogP contribution in [0.15, 0.2) is 71.2 Å². The normalized spacial score (nSPS) is 22.2. The fraction of sp³-hybridized carbons (Fsp3) is 0.423. The molecule has 1 aliphatic carbocycles. The Labute approximate surface area is 210 Å². The van der Waals surface area contributed by atoms with Crippen molar-refractivity contribution in [1.82, 2.24) is 21.0 Å². The van der Waals surface area contributed by atoms with E-state index in [1.807, 2.05) is 6.92 Å². The first kappa shape index (κ1) is 28.9. The van der Waals surface area contributed by atoms with Crippen molar-refractivity contribution in [3.05, 3.63) is 71.2 Å². The number of amides is 2. The van der Waals surface area contributed by atoms with Crippen LogP contribution in [0.4, 0.5) is 8.78 Å². The van der Waals surface area contributed by atoms with Gasteiger partial charge in [-0.2, -0.15) is 5.06 Å². The van der Waals surface area contributed by atoms with Crippen LogP contribution in [0, 0.1) is 11.3 Å². The second kappa shape index (κ2) is 13.6. The Balaban J connectivity index is 2.19. The van der Waals surface area contributed by atoms with Gasteiger partial charge in [-0.25, -0.2) is 8.78 Å². The number of hydrogen-bond acceptors (Lipinski definition) is 6. The molecule has 0 radical (unpaired) electrons. The number of piperazine rings is 1. The zero-order valence-corrected chi connectivity index (χ0v) is 21.0. The van der Waals surface area contributed by atoms with Gasteiger partial charge in [0.2, 0.25) is 5.91 Å². The van der Waals surface area contributed by atoms with Crippen molar-refractivity contribution in [3.63, 3.8) is 0 Å². The lowest BCUT2D eigenvalue weighted by Crippen LogP contribution is -2.53. The number of nitrogens with zero attached hydrogens (tertiary/aromatic N) is 1. The van der Waals surface area contributed by atoms with E-state index >= 15 is 0 Å². The van der Waals surface area contributed by atoms with Crippen LogP contribution in [0.1, 0.15) is 40.0 Å². The zero-order chi connectivity index (χ0) is 26.8. The Morgan fingerprint density at radius 1 is 1.33 bits per heavy atom. The molecule has 2 aliphatic rings. The number of carbonyl (C=O) groups is 2. The number of allylic oxidation sites excluding steroid dienone is 9. The van der Waals surface area contributed by atoms with Crippen molar-refractivity contribution in [2.24, 2.45) is 5.92 Å². The maximum atomic E-state index is 13.5. The molecule has 2 amide bonds. The first-order valence-corrected chi connectivity index (χ1v) is 11.9. The molecule has 0 bridgehead atoms. The summed E-state index contributed by atoms with van der Waals surface area (Å²) in [6, 6.07) is -0.291. The van der Waals surface area contributed by atoms with Crippen LogP contribution in [-0.2, 0) is 9.59 Å². The number of hydroxylamine groups is 2. The molecule has 0 aromatic rings. The van der Waals surface area contributed by atoms with E-state index in [0.717, 1.165) is 16.7 Å². The highest BCUT2D eigenvalue weighted by Crippen LogP contribution is 2.28. The molecule has 0 aromatic carbocycles. The third kappa shape index (κ3) is 8.69. The Morgan fingerprint density at radius 2 is 2.06 bits per heavy atom. The predicted octanol–water partition coefficient (Wildman–Crippen LogP) is 3.72. The van der Waals surface area contributed by atoms with Gasteiger partial charge in [0.25, 0.3) is 5.91 Å². The molecule has 2 rings (SSSR count). The molecular formula is C26H35F2N5O3. The van der Waals surface area contributed by atoms with E-state index in [-0.39, 0.29) is 48.6 Å². The number of nitrogens with one attached hydrogen (secondary N) is 4. The van der Waals surface area contributed by atoms with Crippen LogP contribution in [-0.4, -0.2) is 53.5 Å². The zero-order valence-electron chi connectivity index (χ0n) is 21.0. The van der Waals surface area contributed by atoms with Crippen LogP contribution in [0.5, 0.6) is 0 Å². The van der Waals surface area contributed by atoms with Gasteiger partial charge >= 0.3 is 0 Å². The Morgan fingerprint density at radius 3 is 2.67 bits per heavy atom. The SMILES string of the molecule is C=C/C(C)=C\C=C(/C)C(=N)/C(NC(=O)CN(O)CC)=C1\NCC(CCC2C=C(F)C=C(F)C2)NC1=O. The second-order valence-corrected chi connectivity index (χ2v) is 8.85. The van der Waals surface area contributed by atoms with E-state index in [1.54, 1.807) is 32.1 Å². The molecule has 1 saturated heterocycles. The lowest BCUT2D eigenvalue weighted by atomic mass is 9.92. The average Bonchev–Trinajstić information content (AvgIpc) is 2.83. The minimum absolute atomic E-state index is 0.0108. The molecule has 0 saturated carbocycles. The molecule has 0 spiro atoms. The predicted molar refractivity (Wildman–Crippen MR) is 135 cm³/mol. The number of carbonyl (C=O) groups excluding carboxylic acids is 2. The van der Waals surface area contributed by atoms with Gasteiger partial charge in [-0.15, -0.1) is 0 Å². The first-order chi connectivity index (χ1) is 17.0. The standard InChI is InChI=1S/C26H35F2N5O3/c1-5-16(3)7-8-17(4)23(29)24(32-22(34)15-33(36)6-2)25-26(35)31-21(14-30-25)10-9-18-11-19(27)13-20(28)12-18/h5,7-8,11,13,18,21,29-30,36H,1,6,9-10,12,14-15H2,2-4H3,(H,31,35)(H,32,34)/b16-7-,17-8+,25-24+,29-23?. The van der Waals surface area contributed by atoms with Crippen LogP contribution >= 0.6 is 0 Å². The summed E-state index contributed by atoms with van der Waals surface area (Å²) < 4.78 is 27.0. The van der Waals surface area contributed by atoms with Crippen molar-refractivity contribution < 1.29 is 23.6 Å². The quantitative estimate of drug-likeness (QED) is 0.128.